The van der Waals surface area contributed by atoms with Gasteiger partial charge in [-0.25, -0.2) is 9.67 Å². The number of thiazole rings is 1. The van der Waals surface area contributed by atoms with E-state index in [1.165, 1.54) is 11.3 Å². The lowest BCUT2D eigenvalue weighted by Crippen LogP contribution is -2.12. The molecule has 0 unspecified atom stereocenters. The third-order valence-corrected chi connectivity index (χ3v) is 5.22. The van der Waals surface area contributed by atoms with Gasteiger partial charge < -0.3 is 9.47 Å². The summed E-state index contributed by atoms with van der Waals surface area (Å²) in [6.45, 7) is 2.81. The molecule has 4 aromatic rings. The van der Waals surface area contributed by atoms with Crippen molar-refractivity contribution < 1.29 is 14.3 Å². The normalized spacial score (nSPS) is 10.6. The van der Waals surface area contributed by atoms with E-state index >= 15 is 0 Å². The number of aromatic nitrogens is 5. The number of hydrogen-bond acceptors (Lipinski definition) is 8. The van der Waals surface area contributed by atoms with Crippen molar-refractivity contribution in [3.63, 3.8) is 0 Å². The zero-order valence-electron chi connectivity index (χ0n) is 17.0. The first-order valence-corrected chi connectivity index (χ1v) is 10.4. The maximum Gasteiger partial charge on any atom is 0.257 e. The van der Waals surface area contributed by atoms with Gasteiger partial charge in [0.15, 0.2) is 11.0 Å². The van der Waals surface area contributed by atoms with Crippen molar-refractivity contribution in [2.45, 2.75) is 20.1 Å². The Kier molecular flexibility index (Phi) is 6.18. The topological polar surface area (TPSA) is 104 Å². The first kappa shape index (κ1) is 20.5. The highest BCUT2D eigenvalue weighted by molar-refractivity contribution is 7.14. The van der Waals surface area contributed by atoms with Gasteiger partial charge in [0.25, 0.3) is 5.91 Å². The molecule has 0 spiro atoms. The van der Waals surface area contributed by atoms with Crippen LogP contribution in [0.2, 0.25) is 0 Å². The van der Waals surface area contributed by atoms with Gasteiger partial charge in [-0.2, -0.15) is 0 Å². The molecular formula is C21H20N6O3S. The quantitative estimate of drug-likeness (QED) is 0.449. The van der Waals surface area contributed by atoms with Crippen LogP contribution < -0.4 is 14.8 Å². The predicted molar refractivity (Wildman–Crippen MR) is 116 cm³/mol. The number of anilines is 1. The summed E-state index contributed by atoms with van der Waals surface area (Å²) in [5, 5.41) is 16.7. The molecule has 31 heavy (non-hydrogen) atoms. The number of nitrogens with zero attached hydrogens (tertiary/aromatic N) is 5. The number of methoxy groups -OCH3 is 1. The van der Waals surface area contributed by atoms with Gasteiger partial charge in [-0.05, 0) is 47.7 Å². The minimum Gasteiger partial charge on any atom is -0.497 e. The van der Waals surface area contributed by atoms with Gasteiger partial charge in [0.1, 0.15) is 18.1 Å². The van der Waals surface area contributed by atoms with Gasteiger partial charge in [-0.3, -0.25) is 10.1 Å². The Labute approximate surface area is 182 Å². The molecular weight excluding hydrogens is 416 g/mol. The molecule has 0 saturated heterocycles. The summed E-state index contributed by atoms with van der Waals surface area (Å²) < 4.78 is 12.7. The predicted octanol–water partition coefficient (Wildman–Crippen LogP) is 3.66. The Morgan fingerprint density at radius 3 is 2.84 bits per heavy atom. The number of rotatable bonds is 8. The number of aryl methyl sites for hydroxylation is 1. The number of nitrogens with one attached hydrogen (secondary N) is 1. The first-order valence-electron chi connectivity index (χ1n) is 9.55. The van der Waals surface area contributed by atoms with Gasteiger partial charge in [0, 0.05) is 23.1 Å². The Bertz CT molecular complexity index is 1190. The zero-order chi connectivity index (χ0) is 21.6. The highest BCUT2D eigenvalue weighted by atomic mass is 32.1. The monoisotopic (exact) mass is 436 g/mol. The first-order chi connectivity index (χ1) is 15.2. The summed E-state index contributed by atoms with van der Waals surface area (Å²) in [5.41, 5.74) is 2.15. The van der Waals surface area contributed by atoms with Gasteiger partial charge in [0.2, 0.25) is 0 Å². The highest BCUT2D eigenvalue weighted by Gasteiger charge is 2.12. The average Bonchev–Trinajstić information content (AvgIpc) is 3.47. The second kappa shape index (κ2) is 9.35. The number of carbonyl (C=O) groups is 1. The number of amides is 1. The largest absolute Gasteiger partial charge is 0.497 e. The molecule has 4 rings (SSSR count). The molecule has 0 aliphatic carbocycles. The summed E-state index contributed by atoms with van der Waals surface area (Å²) >= 11 is 1.36. The van der Waals surface area contributed by atoms with Crippen LogP contribution in [-0.4, -0.2) is 38.2 Å². The zero-order valence-corrected chi connectivity index (χ0v) is 17.8. The van der Waals surface area contributed by atoms with E-state index in [9.17, 15) is 4.79 Å². The van der Waals surface area contributed by atoms with Crippen LogP contribution >= 0.6 is 11.3 Å². The lowest BCUT2D eigenvalue weighted by molar-refractivity contribution is 0.102. The van der Waals surface area contributed by atoms with Crippen molar-refractivity contribution in [3.05, 3.63) is 65.3 Å². The van der Waals surface area contributed by atoms with E-state index in [1.807, 2.05) is 36.6 Å². The van der Waals surface area contributed by atoms with E-state index in [2.05, 4.69) is 25.8 Å². The average molecular weight is 436 g/mol. The molecule has 0 aliphatic heterocycles. The minimum atomic E-state index is -0.268. The van der Waals surface area contributed by atoms with Crippen molar-refractivity contribution in [1.29, 1.82) is 0 Å². The van der Waals surface area contributed by atoms with Gasteiger partial charge in [-0.1, -0.05) is 18.2 Å². The van der Waals surface area contributed by atoms with Crippen molar-refractivity contribution in [2.75, 3.05) is 12.4 Å². The highest BCUT2D eigenvalue weighted by Crippen LogP contribution is 2.28. The summed E-state index contributed by atoms with van der Waals surface area (Å²) in [6.07, 6.45) is 0. The summed E-state index contributed by atoms with van der Waals surface area (Å²) in [5.74, 6) is 1.65. The van der Waals surface area contributed by atoms with E-state index < -0.39 is 0 Å². The van der Waals surface area contributed by atoms with Gasteiger partial charge in [0.05, 0.1) is 12.8 Å². The molecule has 158 valence electrons. The number of ether oxygens (including phenoxy) is 2. The molecule has 2 heterocycles. The summed E-state index contributed by atoms with van der Waals surface area (Å²) in [6, 6.07) is 14.5. The molecule has 2 aromatic carbocycles. The molecule has 0 fully saturated rings. The Balaban J connectivity index is 1.42. The van der Waals surface area contributed by atoms with Gasteiger partial charge >= 0.3 is 0 Å². The molecule has 0 atom stereocenters. The summed E-state index contributed by atoms with van der Waals surface area (Å²) in [4.78, 5) is 17.2. The molecule has 1 N–H and O–H groups in total. The molecule has 0 radical (unpaired) electrons. The van der Waals surface area contributed by atoms with Crippen LogP contribution in [-0.2, 0) is 13.2 Å². The van der Waals surface area contributed by atoms with Crippen molar-refractivity contribution in [1.82, 2.24) is 25.2 Å². The molecule has 9 nitrogen and oxygen atoms in total. The molecule has 0 saturated carbocycles. The molecule has 2 aromatic heterocycles. The number of carbonyl (C=O) groups excluding carboxylic acids is 1. The van der Waals surface area contributed by atoms with E-state index in [0.717, 1.165) is 17.0 Å². The van der Waals surface area contributed by atoms with Crippen LogP contribution in [0.4, 0.5) is 5.13 Å². The van der Waals surface area contributed by atoms with Crippen LogP contribution in [0.5, 0.6) is 11.5 Å². The maximum atomic E-state index is 12.7. The fraction of sp³-hybridized carbons (Fsp3) is 0.190. The Hall–Kier alpha value is -3.79. The molecule has 0 aliphatic rings. The lowest BCUT2D eigenvalue weighted by Gasteiger charge is -2.07. The van der Waals surface area contributed by atoms with Crippen LogP contribution in [0.3, 0.4) is 0 Å². The van der Waals surface area contributed by atoms with E-state index in [-0.39, 0.29) is 12.5 Å². The van der Waals surface area contributed by atoms with Crippen LogP contribution in [0.15, 0.2) is 53.9 Å². The smallest absolute Gasteiger partial charge is 0.257 e. The number of benzene rings is 2. The molecule has 1 amide bonds. The molecule has 0 bridgehead atoms. The SMILES string of the molecule is CCn1nnnc1COc1cccc(C(=O)Nc2nc(-c3cccc(OC)c3)cs2)c1. The van der Waals surface area contributed by atoms with E-state index in [1.54, 1.807) is 36.1 Å². The standard InChI is InChI=1S/C21H20N6O3S/c1-3-27-19(24-25-26-27)12-30-17-9-5-7-15(11-17)20(28)23-21-22-18(13-31-21)14-6-4-8-16(10-14)29-2/h4-11,13H,3,12H2,1-2H3,(H,22,23,28). The lowest BCUT2D eigenvalue weighted by atomic mass is 10.2. The fourth-order valence-corrected chi connectivity index (χ4v) is 3.58. The minimum absolute atomic E-state index is 0.211. The van der Waals surface area contributed by atoms with Gasteiger partial charge in [-0.15, -0.1) is 16.4 Å². The third-order valence-electron chi connectivity index (χ3n) is 4.46. The maximum absolute atomic E-state index is 12.7. The van der Waals surface area contributed by atoms with Crippen LogP contribution in [0.25, 0.3) is 11.3 Å². The third kappa shape index (κ3) is 4.86. The molecule has 10 heteroatoms. The van der Waals surface area contributed by atoms with Crippen molar-refractivity contribution >= 4 is 22.4 Å². The Morgan fingerprint density at radius 1 is 1.16 bits per heavy atom. The van der Waals surface area contributed by atoms with E-state index in [0.29, 0.717) is 28.8 Å². The second-order valence-corrected chi connectivity index (χ2v) is 7.31. The van der Waals surface area contributed by atoms with Crippen LogP contribution in [0, 0.1) is 0 Å². The van der Waals surface area contributed by atoms with Crippen molar-refractivity contribution in [3.8, 4) is 22.8 Å². The Morgan fingerprint density at radius 2 is 2.00 bits per heavy atom. The summed E-state index contributed by atoms with van der Waals surface area (Å²) in [7, 11) is 1.62. The number of hydrogen-bond donors (Lipinski definition) is 1. The fourth-order valence-electron chi connectivity index (χ4n) is 2.86. The van der Waals surface area contributed by atoms with Crippen LogP contribution in [0.1, 0.15) is 23.1 Å². The van der Waals surface area contributed by atoms with E-state index in [4.69, 9.17) is 9.47 Å². The number of tetrazole rings is 1. The van der Waals surface area contributed by atoms with Crippen molar-refractivity contribution in [2.24, 2.45) is 0 Å². The second-order valence-electron chi connectivity index (χ2n) is 6.45.